The molecule has 2 heteroatoms. The maximum Gasteiger partial charge on any atom is 0.115 e. The van der Waals surface area contributed by atoms with E-state index < -0.39 is 0 Å². The van der Waals surface area contributed by atoms with Gasteiger partial charge in [-0.3, -0.25) is 0 Å². The Kier molecular flexibility index (Phi) is 3.49. The molecule has 2 unspecified atom stereocenters. The van der Waals surface area contributed by atoms with Gasteiger partial charge in [0.1, 0.15) is 5.75 Å². The van der Waals surface area contributed by atoms with Crippen molar-refractivity contribution in [3.05, 3.63) is 29.8 Å². The quantitative estimate of drug-likeness (QED) is 0.845. The minimum Gasteiger partial charge on any atom is -0.508 e. The third-order valence-electron chi connectivity index (χ3n) is 3.53. The molecule has 2 rings (SSSR count). The van der Waals surface area contributed by atoms with Crippen LogP contribution in [0.15, 0.2) is 24.3 Å². The largest absolute Gasteiger partial charge is 0.508 e. The summed E-state index contributed by atoms with van der Waals surface area (Å²) in [5.41, 5.74) is 1.28. The van der Waals surface area contributed by atoms with E-state index in [0.29, 0.717) is 17.6 Å². The topological polar surface area (TPSA) is 23.5 Å². The second-order valence-corrected chi connectivity index (χ2v) is 4.94. The number of phenols is 1. The number of aromatic hydroxyl groups is 1. The molecule has 0 radical (unpaired) electrons. The molecule has 2 nitrogen and oxygen atoms in total. The Bertz CT molecular complexity index is 350. The summed E-state index contributed by atoms with van der Waals surface area (Å²) in [7, 11) is 0. The third-order valence-corrected chi connectivity index (χ3v) is 3.53. The normalized spacial score (nSPS) is 26.1. The van der Waals surface area contributed by atoms with Gasteiger partial charge >= 0.3 is 0 Å². The van der Waals surface area contributed by atoms with Gasteiger partial charge in [-0.05, 0) is 36.6 Å². The molecule has 0 amide bonds. The molecule has 1 heterocycles. The molecule has 0 bridgehead atoms. The van der Waals surface area contributed by atoms with Gasteiger partial charge in [0, 0.05) is 19.0 Å². The number of phenolic OH excluding ortho intramolecular Hbond substituents is 1. The highest BCUT2D eigenvalue weighted by Gasteiger charge is 2.30. The van der Waals surface area contributed by atoms with Gasteiger partial charge in [-0.15, -0.1) is 0 Å². The summed E-state index contributed by atoms with van der Waals surface area (Å²) in [5, 5.41) is 9.52. The van der Waals surface area contributed by atoms with Crippen molar-refractivity contribution in [3.8, 4) is 5.75 Å². The Morgan fingerprint density at radius 1 is 1.38 bits per heavy atom. The van der Waals surface area contributed by atoms with Crippen molar-refractivity contribution in [2.45, 2.75) is 26.2 Å². The molecule has 0 saturated carbocycles. The van der Waals surface area contributed by atoms with Gasteiger partial charge in [-0.2, -0.15) is 0 Å². The number of benzene rings is 1. The molecule has 1 aromatic rings. The molecule has 1 aliphatic heterocycles. The molecule has 1 aliphatic rings. The second kappa shape index (κ2) is 4.88. The van der Waals surface area contributed by atoms with E-state index in [1.54, 1.807) is 6.07 Å². The fourth-order valence-corrected chi connectivity index (χ4v) is 2.76. The van der Waals surface area contributed by atoms with Crippen LogP contribution in [0.25, 0.3) is 0 Å². The molecule has 0 aromatic heterocycles. The molecule has 88 valence electrons. The predicted octanol–water partition coefficient (Wildman–Crippen LogP) is 2.84. The van der Waals surface area contributed by atoms with Crippen molar-refractivity contribution >= 4 is 0 Å². The van der Waals surface area contributed by atoms with Crippen molar-refractivity contribution in [3.63, 3.8) is 0 Å². The Labute approximate surface area is 97.9 Å². The summed E-state index contributed by atoms with van der Waals surface area (Å²) in [6, 6.07) is 7.74. The van der Waals surface area contributed by atoms with Gasteiger partial charge in [0.05, 0.1) is 0 Å². The van der Waals surface area contributed by atoms with E-state index in [1.165, 1.54) is 25.1 Å². The van der Waals surface area contributed by atoms with Gasteiger partial charge in [0.2, 0.25) is 0 Å². The maximum atomic E-state index is 9.52. The number of rotatable bonds is 3. The van der Waals surface area contributed by atoms with E-state index in [0.717, 1.165) is 6.54 Å². The van der Waals surface area contributed by atoms with Crippen LogP contribution in [0.5, 0.6) is 5.75 Å². The van der Waals surface area contributed by atoms with Gasteiger partial charge in [-0.1, -0.05) is 26.0 Å². The summed E-state index contributed by atoms with van der Waals surface area (Å²) in [6.45, 7) is 8.06. The zero-order chi connectivity index (χ0) is 11.5. The van der Waals surface area contributed by atoms with E-state index in [9.17, 15) is 5.11 Å². The first-order chi connectivity index (χ1) is 7.70. The number of hydrogen-bond donors (Lipinski definition) is 1. The molecule has 0 aliphatic carbocycles. The van der Waals surface area contributed by atoms with Crippen LogP contribution >= 0.6 is 0 Å². The number of likely N-dealkylation sites (tertiary alicyclic amines) is 1. The smallest absolute Gasteiger partial charge is 0.115 e. The second-order valence-electron chi connectivity index (χ2n) is 4.94. The molecule has 1 N–H and O–H groups in total. The first kappa shape index (κ1) is 11.5. The van der Waals surface area contributed by atoms with Gasteiger partial charge in [0.15, 0.2) is 0 Å². The Balaban J connectivity index is 2.10. The maximum absolute atomic E-state index is 9.52. The zero-order valence-corrected chi connectivity index (χ0v) is 10.2. The van der Waals surface area contributed by atoms with Crippen LogP contribution in [-0.4, -0.2) is 29.6 Å². The number of hydrogen-bond acceptors (Lipinski definition) is 2. The van der Waals surface area contributed by atoms with Gasteiger partial charge < -0.3 is 10.0 Å². The molecule has 16 heavy (non-hydrogen) atoms. The van der Waals surface area contributed by atoms with Gasteiger partial charge in [-0.25, -0.2) is 0 Å². The van der Waals surface area contributed by atoms with Crippen LogP contribution in [0, 0.1) is 5.92 Å². The van der Waals surface area contributed by atoms with E-state index in [-0.39, 0.29) is 0 Å². The molecule has 1 fully saturated rings. The zero-order valence-electron chi connectivity index (χ0n) is 10.2. The van der Waals surface area contributed by atoms with E-state index in [1.807, 2.05) is 12.1 Å². The van der Waals surface area contributed by atoms with Crippen LogP contribution in [0.4, 0.5) is 0 Å². The Morgan fingerprint density at radius 2 is 2.19 bits per heavy atom. The lowest BCUT2D eigenvalue weighted by atomic mass is 9.90. The Hall–Kier alpha value is -1.02. The number of nitrogens with zero attached hydrogens (tertiary/aromatic N) is 1. The van der Waals surface area contributed by atoms with Crippen LogP contribution < -0.4 is 0 Å². The summed E-state index contributed by atoms with van der Waals surface area (Å²) >= 11 is 0. The van der Waals surface area contributed by atoms with E-state index in [4.69, 9.17) is 0 Å². The molecule has 1 saturated heterocycles. The van der Waals surface area contributed by atoms with Crippen molar-refractivity contribution in [2.24, 2.45) is 5.92 Å². The van der Waals surface area contributed by atoms with Crippen molar-refractivity contribution < 1.29 is 5.11 Å². The highest BCUT2D eigenvalue weighted by molar-refractivity contribution is 5.31. The van der Waals surface area contributed by atoms with Gasteiger partial charge in [0.25, 0.3) is 0 Å². The molecular formula is C14H21NO. The lowest BCUT2D eigenvalue weighted by Gasteiger charge is -2.15. The minimum atomic E-state index is 0.388. The van der Waals surface area contributed by atoms with Crippen molar-refractivity contribution in [2.75, 3.05) is 19.6 Å². The summed E-state index contributed by atoms with van der Waals surface area (Å²) in [4.78, 5) is 2.53. The average Bonchev–Trinajstić information content (AvgIpc) is 2.60. The van der Waals surface area contributed by atoms with E-state index >= 15 is 0 Å². The Morgan fingerprint density at radius 3 is 2.88 bits per heavy atom. The fraction of sp³-hybridized carbons (Fsp3) is 0.571. The lowest BCUT2D eigenvalue weighted by Crippen LogP contribution is -2.21. The summed E-state index contributed by atoms with van der Waals surface area (Å²) < 4.78 is 0. The minimum absolute atomic E-state index is 0.388. The van der Waals surface area contributed by atoms with E-state index in [2.05, 4.69) is 24.8 Å². The predicted molar refractivity (Wildman–Crippen MR) is 66.7 cm³/mol. The monoisotopic (exact) mass is 219 g/mol. The van der Waals surface area contributed by atoms with Crippen molar-refractivity contribution in [1.29, 1.82) is 0 Å². The van der Waals surface area contributed by atoms with Crippen LogP contribution in [-0.2, 0) is 0 Å². The average molecular weight is 219 g/mol. The fourth-order valence-electron chi connectivity index (χ4n) is 2.76. The first-order valence-electron chi connectivity index (χ1n) is 6.22. The molecular weight excluding hydrogens is 198 g/mol. The molecule has 1 aromatic carbocycles. The van der Waals surface area contributed by atoms with Crippen molar-refractivity contribution in [1.82, 2.24) is 4.90 Å². The van der Waals surface area contributed by atoms with Crippen LogP contribution in [0.1, 0.15) is 31.7 Å². The highest BCUT2D eigenvalue weighted by atomic mass is 16.3. The van der Waals surface area contributed by atoms with Crippen LogP contribution in [0.2, 0.25) is 0 Å². The van der Waals surface area contributed by atoms with Crippen LogP contribution in [0.3, 0.4) is 0 Å². The lowest BCUT2D eigenvalue weighted by molar-refractivity contribution is 0.327. The SMILES string of the molecule is CCCN1CC(C)C(c2cccc(O)c2)C1. The third kappa shape index (κ3) is 2.38. The summed E-state index contributed by atoms with van der Waals surface area (Å²) in [6.07, 6.45) is 1.22. The molecule has 0 spiro atoms. The summed E-state index contributed by atoms with van der Waals surface area (Å²) in [5.74, 6) is 1.66. The highest BCUT2D eigenvalue weighted by Crippen LogP contribution is 2.33. The standard InChI is InChI=1S/C14H21NO/c1-3-7-15-9-11(2)14(10-15)12-5-4-6-13(16)8-12/h4-6,8,11,14,16H,3,7,9-10H2,1-2H3. The molecule has 2 atom stereocenters. The first-order valence-corrected chi connectivity index (χ1v) is 6.22.